The van der Waals surface area contributed by atoms with Gasteiger partial charge in [0.05, 0.1) is 5.02 Å². The summed E-state index contributed by atoms with van der Waals surface area (Å²) in [5.41, 5.74) is 0.294. The number of nitrogens with zero attached hydrogens (tertiary/aromatic N) is 2. The molecule has 21 heavy (non-hydrogen) atoms. The first-order valence-corrected chi connectivity index (χ1v) is 6.98. The van der Waals surface area contributed by atoms with Crippen LogP contribution in [0.25, 0.3) is 0 Å². The number of carboxylic acid groups (broad SMARTS) is 1. The monoisotopic (exact) mass is 313 g/mol. The fourth-order valence-corrected chi connectivity index (χ4v) is 2.52. The number of aliphatic carboxylic acids is 1. The Balaban J connectivity index is 2.32. The number of piperazine rings is 1. The van der Waals surface area contributed by atoms with Crippen molar-refractivity contribution in [2.24, 2.45) is 0 Å². The minimum Gasteiger partial charge on any atom is -0.480 e. The Morgan fingerprint density at radius 2 is 2.24 bits per heavy atom. The van der Waals surface area contributed by atoms with Crippen molar-refractivity contribution in [3.63, 3.8) is 0 Å². The third-order valence-corrected chi connectivity index (χ3v) is 3.48. The topological polar surface area (TPSA) is 91.6 Å². The van der Waals surface area contributed by atoms with Crippen LogP contribution in [-0.4, -0.2) is 51.5 Å². The van der Waals surface area contributed by atoms with Gasteiger partial charge in [-0.05, 0) is 12.5 Å². The number of halogens is 1. The Labute approximate surface area is 126 Å². The van der Waals surface area contributed by atoms with Gasteiger partial charge in [0.1, 0.15) is 18.3 Å². The van der Waals surface area contributed by atoms with Crippen LogP contribution in [0, 0.1) is 0 Å². The van der Waals surface area contributed by atoms with E-state index in [1.807, 2.05) is 6.92 Å². The summed E-state index contributed by atoms with van der Waals surface area (Å²) in [6.07, 6.45) is 2.42. The lowest BCUT2D eigenvalue weighted by Crippen LogP contribution is -2.59. The van der Waals surface area contributed by atoms with E-state index in [2.05, 4.69) is 5.32 Å². The van der Waals surface area contributed by atoms with Gasteiger partial charge in [-0.2, -0.15) is 0 Å². The fourth-order valence-electron chi connectivity index (χ4n) is 2.30. The number of carbonyl (C=O) groups is 3. The molecule has 2 amide bonds. The summed E-state index contributed by atoms with van der Waals surface area (Å²) in [5.74, 6) is -2.03. The standard InChI is InChI=1S/C13H16ClN3O4/c1-2-3-16-6-8(14)4-9(16)12(19)17-7-11(18)15-5-10(17)13(20)21/h4,6,10H,2-3,5,7H2,1H3,(H,15,18)(H,20,21). The van der Waals surface area contributed by atoms with Crippen molar-refractivity contribution in [2.45, 2.75) is 25.9 Å². The summed E-state index contributed by atoms with van der Waals surface area (Å²) < 4.78 is 1.68. The van der Waals surface area contributed by atoms with Gasteiger partial charge in [0.15, 0.2) is 0 Å². The molecule has 0 bridgehead atoms. The van der Waals surface area contributed by atoms with Gasteiger partial charge in [0.25, 0.3) is 5.91 Å². The number of carbonyl (C=O) groups excluding carboxylic acids is 2. The van der Waals surface area contributed by atoms with Crippen molar-refractivity contribution in [1.29, 1.82) is 0 Å². The molecule has 1 saturated heterocycles. The second-order valence-corrected chi connectivity index (χ2v) is 5.26. The second kappa shape index (κ2) is 6.17. The molecule has 0 spiro atoms. The Kier molecular flexibility index (Phi) is 4.52. The first kappa shape index (κ1) is 15.4. The molecule has 8 heteroatoms. The molecule has 2 heterocycles. The van der Waals surface area contributed by atoms with Crippen molar-refractivity contribution in [1.82, 2.24) is 14.8 Å². The van der Waals surface area contributed by atoms with E-state index in [0.717, 1.165) is 11.3 Å². The van der Waals surface area contributed by atoms with Gasteiger partial charge < -0.3 is 19.9 Å². The number of aryl methyl sites for hydroxylation is 1. The van der Waals surface area contributed by atoms with Crippen LogP contribution in [0.3, 0.4) is 0 Å². The molecule has 0 radical (unpaired) electrons. The maximum atomic E-state index is 12.6. The van der Waals surface area contributed by atoms with Gasteiger partial charge in [-0.15, -0.1) is 0 Å². The summed E-state index contributed by atoms with van der Waals surface area (Å²) in [4.78, 5) is 36.3. The lowest BCUT2D eigenvalue weighted by atomic mass is 10.1. The van der Waals surface area contributed by atoms with Gasteiger partial charge in [0.2, 0.25) is 5.91 Å². The average Bonchev–Trinajstić information content (AvgIpc) is 2.79. The lowest BCUT2D eigenvalue weighted by Gasteiger charge is -2.32. The number of amides is 2. The zero-order chi connectivity index (χ0) is 15.6. The first-order chi connectivity index (χ1) is 9.93. The lowest BCUT2D eigenvalue weighted by molar-refractivity contribution is -0.144. The summed E-state index contributed by atoms with van der Waals surface area (Å²) >= 11 is 5.92. The quantitative estimate of drug-likeness (QED) is 0.850. The molecule has 1 aliphatic rings. The molecule has 0 aromatic carbocycles. The molecule has 0 aliphatic carbocycles. The molecular formula is C13H16ClN3O4. The average molecular weight is 314 g/mol. The third kappa shape index (κ3) is 3.18. The number of carboxylic acids is 1. The van der Waals surface area contributed by atoms with Crippen molar-refractivity contribution in [3.05, 3.63) is 23.0 Å². The maximum Gasteiger partial charge on any atom is 0.328 e. The predicted molar refractivity (Wildman–Crippen MR) is 75.2 cm³/mol. The van der Waals surface area contributed by atoms with E-state index in [1.165, 1.54) is 6.07 Å². The first-order valence-electron chi connectivity index (χ1n) is 6.60. The third-order valence-electron chi connectivity index (χ3n) is 3.28. The zero-order valence-corrected chi connectivity index (χ0v) is 12.3. The Morgan fingerprint density at radius 1 is 1.52 bits per heavy atom. The Hall–Kier alpha value is -2.02. The van der Waals surface area contributed by atoms with Gasteiger partial charge in [-0.25, -0.2) is 4.79 Å². The van der Waals surface area contributed by atoms with E-state index < -0.39 is 17.9 Å². The number of hydrogen-bond acceptors (Lipinski definition) is 3. The van der Waals surface area contributed by atoms with E-state index in [4.69, 9.17) is 11.6 Å². The minimum absolute atomic E-state index is 0.0951. The van der Waals surface area contributed by atoms with Crippen LogP contribution in [0.4, 0.5) is 0 Å². The number of nitrogens with one attached hydrogen (secondary N) is 1. The molecular weight excluding hydrogens is 298 g/mol. The highest BCUT2D eigenvalue weighted by Crippen LogP contribution is 2.18. The smallest absolute Gasteiger partial charge is 0.328 e. The van der Waals surface area contributed by atoms with E-state index >= 15 is 0 Å². The molecule has 114 valence electrons. The van der Waals surface area contributed by atoms with E-state index in [0.29, 0.717) is 17.3 Å². The number of rotatable bonds is 4. The van der Waals surface area contributed by atoms with Crippen molar-refractivity contribution in [3.8, 4) is 0 Å². The van der Waals surface area contributed by atoms with Crippen molar-refractivity contribution < 1.29 is 19.5 Å². The van der Waals surface area contributed by atoms with E-state index in [9.17, 15) is 19.5 Å². The molecule has 1 atom stereocenters. The highest BCUT2D eigenvalue weighted by Gasteiger charge is 2.36. The van der Waals surface area contributed by atoms with Gasteiger partial charge >= 0.3 is 5.97 Å². The summed E-state index contributed by atoms with van der Waals surface area (Å²) in [5, 5.41) is 12.0. The minimum atomic E-state index is -1.15. The van der Waals surface area contributed by atoms with Gasteiger partial charge in [-0.3, -0.25) is 9.59 Å². The Morgan fingerprint density at radius 3 is 2.86 bits per heavy atom. The molecule has 0 saturated carbocycles. The molecule has 1 aliphatic heterocycles. The van der Waals surface area contributed by atoms with Crippen LogP contribution in [0.15, 0.2) is 12.3 Å². The van der Waals surface area contributed by atoms with Crippen LogP contribution in [0.5, 0.6) is 0 Å². The van der Waals surface area contributed by atoms with Gasteiger partial charge in [-0.1, -0.05) is 18.5 Å². The SMILES string of the molecule is CCCn1cc(Cl)cc1C(=O)N1CC(=O)NCC1C(=O)O. The zero-order valence-electron chi connectivity index (χ0n) is 11.5. The second-order valence-electron chi connectivity index (χ2n) is 4.83. The van der Waals surface area contributed by atoms with Crippen LogP contribution < -0.4 is 5.32 Å². The largest absolute Gasteiger partial charge is 0.480 e. The van der Waals surface area contributed by atoms with Crippen LogP contribution in [0.1, 0.15) is 23.8 Å². The van der Waals surface area contributed by atoms with Crippen LogP contribution in [0.2, 0.25) is 5.02 Å². The summed E-state index contributed by atoms with van der Waals surface area (Å²) in [6.45, 7) is 2.18. The highest BCUT2D eigenvalue weighted by atomic mass is 35.5. The number of aromatic nitrogens is 1. The van der Waals surface area contributed by atoms with Crippen molar-refractivity contribution >= 4 is 29.4 Å². The normalized spacial score (nSPS) is 18.5. The molecule has 1 aromatic rings. The maximum absolute atomic E-state index is 12.6. The van der Waals surface area contributed by atoms with Crippen LogP contribution >= 0.6 is 11.6 Å². The highest BCUT2D eigenvalue weighted by molar-refractivity contribution is 6.31. The van der Waals surface area contributed by atoms with E-state index in [-0.39, 0.29) is 19.0 Å². The van der Waals surface area contributed by atoms with E-state index in [1.54, 1.807) is 10.8 Å². The summed E-state index contributed by atoms with van der Waals surface area (Å²) in [7, 11) is 0. The van der Waals surface area contributed by atoms with Crippen LogP contribution in [-0.2, 0) is 16.1 Å². The molecule has 2 N–H and O–H groups in total. The number of hydrogen-bond donors (Lipinski definition) is 2. The van der Waals surface area contributed by atoms with Gasteiger partial charge in [0, 0.05) is 19.3 Å². The molecule has 1 fully saturated rings. The Bertz CT molecular complexity index is 584. The molecule has 2 rings (SSSR count). The fraction of sp³-hybridized carbons (Fsp3) is 0.462. The summed E-state index contributed by atoms with van der Waals surface area (Å²) in [6, 6.07) is 0.421. The predicted octanol–water partition coefficient (Wildman–Crippen LogP) is 0.577. The molecule has 1 aromatic heterocycles. The van der Waals surface area contributed by atoms with Crippen molar-refractivity contribution in [2.75, 3.05) is 13.1 Å². The molecule has 1 unspecified atom stereocenters. The molecule has 7 nitrogen and oxygen atoms in total.